The molecule has 0 aromatic heterocycles. The average molecular weight is 236 g/mol. The van der Waals surface area contributed by atoms with Crippen LogP contribution in [-0.2, 0) is 4.79 Å². The predicted octanol–water partition coefficient (Wildman–Crippen LogP) is 1.82. The lowest BCUT2D eigenvalue weighted by molar-refractivity contribution is -0.132. The number of aryl methyl sites for hydroxylation is 1. The van der Waals surface area contributed by atoms with Crippen molar-refractivity contribution in [1.29, 1.82) is 0 Å². The molecular formula is C13H20N2O2. The van der Waals surface area contributed by atoms with Crippen molar-refractivity contribution >= 4 is 11.6 Å². The first-order valence-electron chi connectivity index (χ1n) is 5.85. The molecule has 1 aromatic rings. The lowest BCUT2D eigenvalue weighted by Crippen LogP contribution is -2.34. The van der Waals surface area contributed by atoms with Gasteiger partial charge >= 0.3 is 0 Å². The van der Waals surface area contributed by atoms with Crippen LogP contribution in [0.5, 0.6) is 5.75 Å². The Morgan fingerprint density at radius 1 is 1.35 bits per heavy atom. The van der Waals surface area contributed by atoms with Crippen LogP contribution in [0.25, 0.3) is 0 Å². The number of carbonyl (C=O) groups is 1. The second kappa shape index (κ2) is 6.13. The van der Waals surface area contributed by atoms with Gasteiger partial charge in [-0.3, -0.25) is 4.79 Å². The van der Waals surface area contributed by atoms with Crippen LogP contribution in [0.2, 0.25) is 0 Å². The molecule has 1 rings (SSSR count). The van der Waals surface area contributed by atoms with Gasteiger partial charge in [0.1, 0.15) is 5.75 Å². The molecule has 2 N–H and O–H groups in total. The first kappa shape index (κ1) is 13.4. The van der Waals surface area contributed by atoms with E-state index in [2.05, 4.69) is 0 Å². The van der Waals surface area contributed by atoms with E-state index in [0.717, 1.165) is 5.56 Å². The molecule has 1 amide bonds. The third-order valence-corrected chi connectivity index (χ3v) is 2.75. The molecule has 17 heavy (non-hydrogen) atoms. The molecule has 0 heterocycles. The van der Waals surface area contributed by atoms with Crippen molar-refractivity contribution in [3.63, 3.8) is 0 Å². The molecule has 0 unspecified atom stereocenters. The Kier molecular flexibility index (Phi) is 4.82. The third-order valence-electron chi connectivity index (χ3n) is 2.75. The number of hydrogen-bond donors (Lipinski definition) is 1. The predicted molar refractivity (Wildman–Crippen MR) is 69.0 cm³/mol. The van der Waals surface area contributed by atoms with Gasteiger partial charge in [-0.2, -0.15) is 0 Å². The molecule has 0 aliphatic rings. The van der Waals surface area contributed by atoms with E-state index in [-0.39, 0.29) is 12.5 Å². The van der Waals surface area contributed by atoms with Gasteiger partial charge in [0.15, 0.2) is 6.61 Å². The van der Waals surface area contributed by atoms with E-state index >= 15 is 0 Å². The molecule has 0 atom stereocenters. The maximum Gasteiger partial charge on any atom is 0.260 e. The van der Waals surface area contributed by atoms with Crippen molar-refractivity contribution in [3.8, 4) is 5.75 Å². The van der Waals surface area contributed by atoms with Crippen LogP contribution in [-0.4, -0.2) is 30.5 Å². The summed E-state index contributed by atoms with van der Waals surface area (Å²) in [6.07, 6.45) is 0. The fraction of sp³-hybridized carbons (Fsp3) is 0.462. The average Bonchev–Trinajstić information content (AvgIpc) is 2.32. The Hall–Kier alpha value is -1.71. The van der Waals surface area contributed by atoms with Gasteiger partial charge in [0.2, 0.25) is 0 Å². The maximum absolute atomic E-state index is 11.7. The minimum Gasteiger partial charge on any atom is -0.482 e. The van der Waals surface area contributed by atoms with Crippen LogP contribution >= 0.6 is 0 Å². The fourth-order valence-corrected chi connectivity index (χ4v) is 1.59. The summed E-state index contributed by atoms with van der Waals surface area (Å²) in [6.45, 7) is 7.23. The molecule has 0 spiro atoms. The number of ether oxygens (including phenoxy) is 1. The Balaban J connectivity index is 2.61. The molecule has 0 aliphatic heterocycles. The van der Waals surface area contributed by atoms with Crippen LogP contribution in [0.1, 0.15) is 19.4 Å². The van der Waals surface area contributed by atoms with E-state index in [9.17, 15) is 4.79 Å². The summed E-state index contributed by atoms with van der Waals surface area (Å²) in [4.78, 5) is 13.5. The summed E-state index contributed by atoms with van der Waals surface area (Å²) in [7, 11) is 0. The number of nitrogen functional groups attached to an aromatic ring is 1. The molecule has 0 aliphatic carbocycles. The quantitative estimate of drug-likeness (QED) is 0.793. The van der Waals surface area contributed by atoms with Crippen LogP contribution in [0, 0.1) is 6.92 Å². The van der Waals surface area contributed by atoms with Gasteiger partial charge in [-0.1, -0.05) is 12.1 Å². The minimum atomic E-state index is -0.0177. The van der Waals surface area contributed by atoms with E-state index in [0.29, 0.717) is 24.5 Å². The molecule has 0 radical (unpaired) electrons. The summed E-state index contributed by atoms with van der Waals surface area (Å²) in [5.41, 5.74) is 7.41. The smallest absolute Gasteiger partial charge is 0.260 e. The number of likely N-dealkylation sites (N-methyl/N-ethyl adjacent to an activating group) is 1. The van der Waals surface area contributed by atoms with Crippen molar-refractivity contribution in [2.45, 2.75) is 20.8 Å². The highest BCUT2D eigenvalue weighted by molar-refractivity contribution is 5.78. The van der Waals surface area contributed by atoms with Gasteiger partial charge in [0.05, 0.1) is 5.69 Å². The molecule has 0 saturated heterocycles. The minimum absolute atomic E-state index is 0.0177. The van der Waals surface area contributed by atoms with Gasteiger partial charge in [-0.05, 0) is 32.4 Å². The number of nitrogens with zero attached hydrogens (tertiary/aromatic N) is 1. The lowest BCUT2D eigenvalue weighted by Gasteiger charge is -2.19. The van der Waals surface area contributed by atoms with Crippen LogP contribution in [0.4, 0.5) is 5.69 Å². The van der Waals surface area contributed by atoms with Gasteiger partial charge in [-0.15, -0.1) is 0 Å². The molecule has 4 heteroatoms. The Morgan fingerprint density at radius 2 is 2.00 bits per heavy atom. The summed E-state index contributed by atoms with van der Waals surface area (Å²) in [5, 5.41) is 0. The monoisotopic (exact) mass is 236 g/mol. The zero-order valence-corrected chi connectivity index (χ0v) is 10.7. The highest BCUT2D eigenvalue weighted by Gasteiger charge is 2.11. The Bertz CT molecular complexity index is 387. The first-order valence-corrected chi connectivity index (χ1v) is 5.85. The van der Waals surface area contributed by atoms with E-state index in [1.165, 1.54) is 0 Å². The molecule has 1 aromatic carbocycles. The fourth-order valence-electron chi connectivity index (χ4n) is 1.59. The molecule has 0 saturated carbocycles. The number of nitrogens with two attached hydrogens (primary N) is 1. The summed E-state index contributed by atoms with van der Waals surface area (Å²) in [5.74, 6) is 0.557. The number of rotatable bonds is 5. The number of amides is 1. The zero-order valence-electron chi connectivity index (χ0n) is 10.7. The molecule has 0 fully saturated rings. The first-order chi connectivity index (χ1) is 8.10. The SMILES string of the molecule is CCN(CC)C(=O)COc1cccc(C)c1N. The van der Waals surface area contributed by atoms with Crippen molar-refractivity contribution < 1.29 is 9.53 Å². The lowest BCUT2D eigenvalue weighted by atomic mass is 10.2. The van der Waals surface area contributed by atoms with Crippen molar-refractivity contribution in [2.75, 3.05) is 25.4 Å². The number of para-hydroxylation sites is 1. The van der Waals surface area contributed by atoms with Gasteiger partial charge in [-0.25, -0.2) is 0 Å². The maximum atomic E-state index is 11.7. The van der Waals surface area contributed by atoms with Crippen LogP contribution in [0.3, 0.4) is 0 Å². The Labute approximate surface area is 102 Å². The van der Waals surface area contributed by atoms with E-state index < -0.39 is 0 Å². The molecule has 94 valence electrons. The number of carbonyl (C=O) groups excluding carboxylic acids is 1. The highest BCUT2D eigenvalue weighted by Crippen LogP contribution is 2.24. The molecule has 0 bridgehead atoms. The zero-order chi connectivity index (χ0) is 12.8. The third kappa shape index (κ3) is 3.37. The molecule has 4 nitrogen and oxygen atoms in total. The van der Waals surface area contributed by atoms with Crippen molar-refractivity contribution in [2.24, 2.45) is 0 Å². The normalized spacial score (nSPS) is 10.1. The second-order valence-electron chi connectivity index (χ2n) is 3.84. The largest absolute Gasteiger partial charge is 0.482 e. The van der Waals surface area contributed by atoms with Crippen molar-refractivity contribution in [1.82, 2.24) is 4.90 Å². The van der Waals surface area contributed by atoms with E-state index in [4.69, 9.17) is 10.5 Å². The summed E-state index contributed by atoms with van der Waals surface area (Å²) < 4.78 is 5.45. The number of hydrogen-bond acceptors (Lipinski definition) is 3. The molecular weight excluding hydrogens is 216 g/mol. The topological polar surface area (TPSA) is 55.6 Å². The van der Waals surface area contributed by atoms with E-state index in [1.54, 1.807) is 11.0 Å². The standard InChI is InChI=1S/C13H20N2O2/c1-4-15(5-2)12(16)9-17-11-8-6-7-10(3)13(11)14/h6-8H,4-5,9,14H2,1-3H3. The van der Waals surface area contributed by atoms with Crippen LogP contribution in [0.15, 0.2) is 18.2 Å². The van der Waals surface area contributed by atoms with Gasteiger partial charge in [0.25, 0.3) is 5.91 Å². The highest BCUT2D eigenvalue weighted by atomic mass is 16.5. The summed E-state index contributed by atoms with van der Waals surface area (Å²) >= 11 is 0. The number of benzene rings is 1. The second-order valence-corrected chi connectivity index (χ2v) is 3.84. The summed E-state index contributed by atoms with van der Waals surface area (Å²) in [6, 6.07) is 5.55. The van der Waals surface area contributed by atoms with E-state index in [1.807, 2.05) is 32.9 Å². The van der Waals surface area contributed by atoms with Gasteiger partial charge in [0, 0.05) is 13.1 Å². The van der Waals surface area contributed by atoms with Crippen molar-refractivity contribution in [3.05, 3.63) is 23.8 Å². The Morgan fingerprint density at radius 3 is 2.59 bits per heavy atom. The van der Waals surface area contributed by atoms with Gasteiger partial charge < -0.3 is 15.4 Å². The number of anilines is 1. The van der Waals surface area contributed by atoms with Crippen LogP contribution < -0.4 is 10.5 Å².